The molecule has 0 N–H and O–H groups in total. The Balaban J connectivity index is 1.67. The van der Waals surface area contributed by atoms with Crippen LogP contribution in [0.5, 0.6) is 0 Å². The Labute approximate surface area is 148 Å². The predicted molar refractivity (Wildman–Crippen MR) is 98.1 cm³/mol. The van der Waals surface area contributed by atoms with Gasteiger partial charge in [-0.2, -0.15) is 11.8 Å². The Bertz CT molecular complexity index is 597. The molecule has 5 heteroatoms. The summed E-state index contributed by atoms with van der Waals surface area (Å²) in [4.78, 5) is 29.0. The summed E-state index contributed by atoms with van der Waals surface area (Å²) in [6, 6.07) is 10.1. The number of amides is 2. The van der Waals surface area contributed by atoms with E-state index in [1.54, 1.807) is 11.8 Å². The fourth-order valence-corrected chi connectivity index (χ4v) is 4.46. The van der Waals surface area contributed by atoms with Gasteiger partial charge in [0.15, 0.2) is 0 Å². The van der Waals surface area contributed by atoms with E-state index in [2.05, 4.69) is 12.1 Å². The van der Waals surface area contributed by atoms with Crippen LogP contribution in [-0.2, 0) is 9.59 Å². The lowest BCUT2D eigenvalue weighted by atomic mass is 9.81. The van der Waals surface area contributed by atoms with Gasteiger partial charge in [-0.25, -0.2) is 0 Å². The van der Waals surface area contributed by atoms with Crippen molar-refractivity contribution in [3.63, 3.8) is 0 Å². The van der Waals surface area contributed by atoms with Gasteiger partial charge in [-0.1, -0.05) is 30.3 Å². The number of likely N-dealkylation sites (tertiary alicyclic amines) is 2. The highest BCUT2D eigenvalue weighted by Crippen LogP contribution is 2.44. The molecule has 0 saturated carbocycles. The minimum Gasteiger partial charge on any atom is -0.342 e. The predicted octanol–water partition coefficient (Wildman–Crippen LogP) is 2.75. The number of benzene rings is 1. The van der Waals surface area contributed by atoms with Crippen molar-refractivity contribution in [3.05, 3.63) is 35.9 Å². The molecule has 2 amide bonds. The number of piperidine rings is 1. The van der Waals surface area contributed by atoms with Gasteiger partial charge in [-0.15, -0.1) is 0 Å². The van der Waals surface area contributed by atoms with Crippen LogP contribution in [0.3, 0.4) is 0 Å². The topological polar surface area (TPSA) is 40.6 Å². The van der Waals surface area contributed by atoms with Gasteiger partial charge in [-0.05, 0) is 31.1 Å². The molecule has 2 fully saturated rings. The highest BCUT2D eigenvalue weighted by molar-refractivity contribution is 7.98. The largest absolute Gasteiger partial charge is 0.342 e. The van der Waals surface area contributed by atoms with E-state index >= 15 is 0 Å². The quantitative estimate of drug-likeness (QED) is 0.842. The van der Waals surface area contributed by atoms with Gasteiger partial charge in [-0.3, -0.25) is 9.59 Å². The molecule has 24 heavy (non-hydrogen) atoms. The van der Waals surface area contributed by atoms with E-state index in [1.807, 2.05) is 41.3 Å². The van der Waals surface area contributed by atoms with E-state index < -0.39 is 0 Å². The molecular formula is C19H26N2O2S. The first-order valence-corrected chi connectivity index (χ1v) is 10.1. The second-order valence-corrected chi connectivity index (χ2v) is 7.90. The normalized spacial score (nSPS) is 23.1. The van der Waals surface area contributed by atoms with Crippen LogP contribution in [0.4, 0.5) is 0 Å². The zero-order valence-electron chi connectivity index (χ0n) is 14.5. The third kappa shape index (κ3) is 3.18. The molecule has 2 saturated heterocycles. The molecule has 1 atom stereocenters. The van der Waals surface area contributed by atoms with E-state index in [9.17, 15) is 9.59 Å². The van der Waals surface area contributed by atoms with Crippen molar-refractivity contribution in [2.24, 2.45) is 0 Å². The molecule has 0 aromatic heterocycles. The third-order valence-corrected chi connectivity index (χ3v) is 6.31. The van der Waals surface area contributed by atoms with Crippen molar-refractivity contribution in [2.45, 2.75) is 37.1 Å². The number of hydrogen-bond acceptors (Lipinski definition) is 3. The summed E-state index contributed by atoms with van der Waals surface area (Å²) >= 11 is 1.71. The third-order valence-electron chi connectivity index (χ3n) is 5.69. The molecule has 4 nitrogen and oxygen atoms in total. The first kappa shape index (κ1) is 17.3. The van der Waals surface area contributed by atoms with E-state index in [4.69, 9.17) is 0 Å². The number of carbonyl (C=O) groups excluding carboxylic acids is 2. The van der Waals surface area contributed by atoms with Gasteiger partial charge in [0, 0.05) is 37.8 Å². The number of likely N-dealkylation sites (N-methyl/N-ethyl adjacent to an activating group) is 1. The lowest BCUT2D eigenvalue weighted by molar-refractivity contribution is -0.135. The van der Waals surface area contributed by atoms with E-state index in [1.165, 1.54) is 0 Å². The summed E-state index contributed by atoms with van der Waals surface area (Å²) in [5, 5.41) is 0. The maximum atomic E-state index is 12.8. The molecule has 1 aromatic rings. The van der Waals surface area contributed by atoms with Gasteiger partial charge in [0.05, 0.1) is 5.92 Å². The zero-order chi connectivity index (χ0) is 17.2. The van der Waals surface area contributed by atoms with Crippen LogP contribution in [0.1, 0.15) is 37.2 Å². The van der Waals surface area contributed by atoms with E-state index in [0.29, 0.717) is 6.42 Å². The molecule has 0 radical (unpaired) electrons. The van der Waals surface area contributed by atoms with Crippen LogP contribution in [0.25, 0.3) is 0 Å². The number of thioether (sulfide) groups is 1. The second kappa shape index (κ2) is 7.18. The number of carbonyl (C=O) groups is 2. The monoisotopic (exact) mass is 346 g/mol. The molecular weight excluding hydrogens is 320 g/mol. The van der Waals surface area contributed by atoms with E-state index in [0.717, 1.165) is 43.7 Å². The highest BCUT2D eigenvalue weighted by atomic mass is 32.2. The average Bonchev–Trinajstić information content (AvgIpc) is 2.86. The van der Waals surface area contributed by atoms with Crippen LogP contribution < -0.4 is 0 Å². The van der Waals surface area contributed by atoms with E-state index in [-0.39, 0.29) is 23.3 Å². The molecule has 1 spiro atoms. The Morgan fingerprint density at radius 3 is 2.54 bits per heavy atom. The Kier molecular flexibility index (Phi) is 5.18. The van der Waals surface area contributed by atoms with Gasteiger partial charge >= 0.3 is 0 Å². The fourth-order valence-electron chi connectivity index (χ4n) is 4.08. The Morgan fingerprint density at radius 2 is 1.92 bits per heavy atom. The van der Waals surface area contributed by atoms with Crippen molar-refractivity contribution in [1.29, 1.82) is 0 Å². The summed E-state index contributed by atoms with van der Waals surface area (Å²) in [6.45, 7) is 1.54. The zero-order valence-corrected chi connectivity index (χ0v) is 15.3. The number of nitrogens with zero attached hydrogens (tertiary/aromatic N) is 2. The van der Waals surface area contributed by atoms with Crippen LogP contribution >= 0.6 is 11.8 Å². The van der Waals surface area contributed by atoms with Gasteiger partial charge < -0.3 is 9.80 Å². The van der Waals surface area contributed by atoms with Crippen LogP contribution in [0.15, 0.2) is 30.3 Å². The highest BCUT2D eigenvalue weighted by Gasteiger charge is 2.50. The second-order valence-electron chi connectivity index (χ2n) is 6.91. The minimum absolute atomic E-state index is 0.0325. The van der Waals surface area contributed by atoms with Crippen LogP contribution in [-0.4, -0.2) is 59.3 Å². The van der Waals surface area contributed by atoms with Gasteiger partial charge in [0.2, 0.25) is 11.8 Å². The summed E-state index contributed by atoms with van der Waals surface area (Å²) in [6.07, 6.45) is 5.31. The molecule has 2 heterocycles. The van der Waals surface area contributed by atoms with Gasteiger partial charge in [0.25, 0.3) is 0 Å². The van der Waals surface area contributed by atoms with Crippen molar-refractivity contribution in [1.82, 2.24) is 9.80 Å². The van der Waals surface area contributed by atoms with Crippen LogP contribution in [0.2, 0.25) is 0 Å². The van der Waals surface area contributed by atoms with Crippen LogP contribution in [0, 0.1) is 0 Å². The molecule has 130 valence electrons. The van der Waals surface area contributed by atoms with Crippen molar-refractivity contribution < 1.29 is 9.59 Å². The summed E-state index contributed by atoms with van der Waals surface area (Å²) in [5.41, 5.74) is 1.04. The van der Waals surface area contributed by atoms with Gasteiger partial charge in [0.1, 0.15) is 0 Å². The average molecular weight is 346 g/mol. The van der Waals surface area contributed by atoms with Crippen molar-refractivity contribution in [3.8, 4) is 0 Å². The maximum absolute atomic E-state index is 12.8. The fraction of sp³-hybridized carbons (Fsp3) is 0.579. The molecule has 0 aliphatic carbocycles. The van der Waals surface area contributed by atoms with Crippen molar-refractivity contribution >= 4 is 23.6 Å². The smallest absolute Gasteiger partial charge is 0.230 e. The number of hydrogen-bond donors (Lipinski definition) is 0. The standard InChI is InChI=1S/C19H26N2O2S/c1-20-18(23)16(15-6-4-3-5-7-15)14-19(20)9-11-21(12-10-19)17(22)8-13-24-2/h3-7,16H,8-14H2,1-2H3/t16-/m0/s1. The minimum atomic E-state index is -0.0755. The van der Waals surface area contributed by atoms with Crippen molar-refractivity contribution in [2.75, 3.05) is 32.1 Å². The molecule has 1 aromatic carbocycles. The lowest BCUT2D eigenvalue weighted by Crippen LogP contribution is -2.52. The first-order chi connectivity index (χ1) is 11.6. The maximum Gasteiger partial charge on any atom is 0.230 e. The number of rotatable bonds is 4. The molecule has 3 rings (SSSR count). The Hall–Kier alpha value is -1.49. The molecule has 2 aliphatic rings. The molecule has 0 unspecified atom stereocenters. The Morgan fingerprint density at radius 1 is 1.25 bits per heavy atom. The SMILES string of the molecule is CSCCC(=O)N1CCC2(CC1)C[C@@H](c1ccccc1)C(=O)N2C. The first-order valence-electron chi connectivity index (χ1n) is 8.67. The summed E-state index contributed by atoms with van der Waals surface area (Å²) in [7, 11) is 1.94. The summed E-state index contributed by atoms with van der Waals surface area (Å²) < 4.78 is 0. The molecule has 2 aliphatic heterocycles. The summed E-state index contributed by atoms with van der Waals surface area (Å²) in [5.74, 6) is 1.33. The lowest BCUT2D eigenvalue weighted by Gasteiger charge is -2.43. The molecule has 0 bridgehead atoms.